The van der Waals surface area contributed by atoms with Crippen LogP contribution in [0, 0.1) is 5.92 Å². The lowest BCUT2D eigenvalue weighted by atomic mass is 9.93. The first-order valence-electron chi connectivity index (χ1n) is 12.9. The van der Waals surface area contributed by atoms with Crippen molar-refractivity contribution in [2.45, 2.75) is 63.8 Å². The molecule has 1 aliphatic heterocycles. The fraction of sp³-hybridized carbons (Fsp3) is 0.552. The van der Waals surface area contributed by atoms with E-state index in [-0.39, 0.29) is 11.9 Å². The van der Waals surface area contributed by atoms with Gasteiger partial charge in [-0.25, -0.2) is 4.39 Å². The SMILES string of the molecule is C=C/C(=N\C)C(NCC1CCN(CCCC2=CCCC=C2F)CC1)c1ccc2c(c1)CCC2. The predicted molar refractivity (Wildman–Crippen MR) is 138 cm³/mol. The molecule has 1 aromatic rings. The second kappa shape index (κ2) is 11.9. The number of allylic oxidation sites excluding steroid dienone is 4. The van der Waals surface area contributed by atoms with E-state index in [1.807, 2.05) is 13.1 Å². The summed E-state index contributed by atoms with van der Waals surface area (Å²) >= 11 is 0. The third-order valence-electron chi connectivity index (χ3n) is 7.64. The average molecular weight is 450 g/mol. The van der Waals surface area contributed by atoms with Crippen molar-refractivity contribution < 1.29 is 4.39 Å². The zero-order chi connectivity index (χ0) is 23.0. The smallest absolute Gasteiger partial charge is 0.122 e. The standard InChI is InChI=1S/C29H40FN3/c1-3-28(31-2)29(26-14-13-23-9-6-10-25(23)20-26)32-21-22-15-18-33(19-16-22)17-7-11-24-8-4-5-12-27(24)30/h3,8,12-14,20,22,29,32H,1,4-7,9-11,15-19,21H2,2H3/b31-28+. The molecule has 4 rings (SSSR count). The molecule has 1 heterocycles. The van der Waals surface area contributed by atoms with E-state index in [9.17, 15) is 4.39 Å². The molecule has 4 heteroatoms. The minimum Gasteiger partial charge on any atom is -0.305 e. The van der Waals surface area contributed by atoms with E-state index in [0.29, 0.717) is 5.92 Å². The van der Waals surface area contributed by atoms with Gasteiger partial charge in [-0.3, -0.25) is 4.99 Å². The zero-order valence-electron chi connectivity index (χ0n) is 20.3. The minimum absolute atomic E-state index is 0.0125. The Morgan fingerprint density at radius 1 is 1.21 bits per heavy atom. The molecule has 33 heavy (non-hydrogen) atoms. The molecule has 0 bridgehead atoms. The van der Waals surface area contributed by atoms with Gasteiger partial charge in [-0.2, -0.15) is 0 Å². The molecular weight excluding hydrogens is 409 g/mol. The molecule has 0 amide bonds. The Morgan fingerprint density at radius 2 is 2.00 bits per heavy atom. The van der Waals surface area contributed by atoms with Gasteiger partial charge < -0.3 is 10.2 Å². The Morgan fingerprint density at radius 3 is 2.76 bits per heavy atom. The second-order valence-electron chi connectivity index (χ2n) is 9.82. The predicted octanol–water partition coefficient (Wildman–Crippen LogP) is 6.13. The molecule has 0 aromatic heterocycles. The van der Waals surface area contributed by atoms with E-state index < -0.39 is 0 Å². The topological polar surface area (TPSA) is 27.6 Å². The fourth-order valence-electron chi connectivity index (χ4n) is 5.61. The largest absolute Gasteiger partial charge is 0.305 e. The number of aryl methyl sites for hydroxylation is 2. The van der Waals surface area contributed by atoms with Crippen LogP contribution in [0.25, 0.3) is 0 Å². The number of halogens is 1. The van der Waals surface area contributed by atoms with Gasteiger partial charge in [-0.1, -0.05) is 30.9 Å². The van der Waals surface area contributed by atoms with Gasteiger partial charge in [0, 0.05) is 7.05 Å². The van der Waals surface area contributed by atoms with Crippen LogP contribution >= 0.6 is 0 Å². The lowest BCUT2D eigenvalue weighted by molar-refractivity contribution is 0.180. The van der Waals surface area contributed by atoms with Crippen LogP contribution in [-0.2, 0) is 12.8 Å². The van der Waals surface area contributed by atoms with Crippen molar-refractivity contribution in [3.05, 3.63) is 71.1 Å². The molecule has 178 valence electrons. The third kappa shape index (κ3) is 6.30. The maximum Gasteiger partial charge on any atom is 0.122 e. The zero-order valence-corrected chi connectivity index (χ0v) is 20.3. The average Bonchev–Trinajstić information content (AvgIpc) is 3.32. The van der Waals surface area contributed by atoms with Crippen LogP contribution in [0.15, 0.2) is 59.4 Å². The Labute approximate surface area is 199 Å². The van der Waals surface area contributed by atoms with Gasteiger partial charge in [0.1, 0.15) is 5.83 Å². The van der Waals surface area contributed by atoms with Gasteiger partial charge in [0.15, 0.2) is 0 Å². The first kappa shape index (κ1) is 24.1. The van der Waals surface area contributed by atoms with E-state index in [1.165, 1.54) is 48.8 Å². The van der Waals surface area contributed by atoms with Crippen LogP contribution in [0.4, 0.5) is 4.39 Å². The van der Waals surface area contributed by atoms with E-state index in [2.05, 4.69) is 46.1 Å². The summed E-state index contributed by atoms with van der Waals surface area (Å²) in [5.74, 6) is 0.695. The molecule has 1 N–H and O–H groups in total. The van der Waals surface area contributed by atoms with Crippen LogP contribution in [0.2, 0.25) is 0 Å². The Balaban J connectivity index is 1.25. The first-order valence-corrected chi connectivity index (χ1v) is 12.9. The molecule has 1 unspecified atom stereocenters. The summed E-state index contributed by atoms with van der Waals surface area (Å²) in [7, 11) is 1.86. The highest BCUT2D eigenvalue weighted by atomic mass is 19.1. The summed E-state index contributed by atoms with van der Waals surface area (Å²) in [4.78, 5) is 7.08. The van der Waals surface area contributed by atoms with E-state index in [0.717, 1.165) is 63.1 Å². The number of hydrogen-bond acceptors (Lipinski definition) is 3. The molecule has 3 nitrogen and oxygen atoms in total. The number of hydrogen-bond donors (Lipinski definition) is 1. The van der Waals surface area contributed by atoms with Gasteiger partial charge in [0.05, 0.1) is 11.8 Å². The maximum atomic E-state index is 13.9. The van der Waals surface area contributed by atoms with Crippen molar-refractivity contribution in [2.24, 2.45) is 10.9 Å². The number of aliphatic imine (C=N–C) groups is 1. The first-order chi connectivity index (χ1) is 16.2. The van der Waals surface area contributed by atoms with Gasteiger partial charge in [0.2, 0.25) is 0 Å². The van der Waals surface area contributed by atoms with E-state index >= 15 is 0 Å². The lowest BCUT2D eigenvalue weighted by Crippen LogP contribution is -2.39. The Hall–Kier alpha value is -2.04. The van der Waals surface area contributed by atoms with Crippen LogP contribution in [0.5, 0.6) is 0 Å². The molecule has 0 spiro atoms. The van der Waals surface area contributed by atoms with Gasteiger partial charge in [-0.05, 0) is 124 Å². The fourth-order valence-corrected chi connectivity index (χ4v) is 5.61. The highest BCUT2D eigenvalue weighted by Crippen LogP contribution is 2.28. The molecular formula is C29H40FN3. The number of piperidine rings is 1. The van der Waals surface area contributed by atoms with Crippen LogP contribution in [0.3, 0.4) is 0 Å². The van der Waals surface area contributed by atoms with Gasteiger partial charge in [0.25, 0.3) is 0 Å². The Kier molecular flexibility index (Phi) is 8.69. The summed E-state index contributed by atoms with van der Waals surface area (Å²) in [5.41, 5.74) is 6.27. The highest BCUT2D eigenvalue weighted by molar-refractivity contribution is 5.99. The number of rotatable bonds is 10. The Bertz CT molecular complexity index is 905. The summed E-state index contributed by atoms with van der Waals surface area (Å²) in [6.07, 6.45) is 15.6. The molecule has 3 aliphatic rings. The van der Waals surface area contributed by atoms with Crippen LogP contribution in [0.1, 0.15) is 67.7 Å². The number of nitrogens with one attached hydrogen (secondary N) is 1. The minimum atomic E-state index is 0.0125. The molecule has 2 aliphatic carbocycles. The maximum absolute atomic E-state index is 13.9. The van der Waals surface area contributed by atoms with Crippen molar-refractivity contribution in [1.29, 1.82) is 0 Å². The molecule has 1 saturated heterocycles. The lowest BCUT2D eigenvalue weighted by Gasteiger charge is -2.33. The van der Waals surface area contributed by atoms with Crippen molar-refractivity contribution in [3.63, 3.8) is 0 Å². The monoisotopic (exact) mass is 449 g/mol. The number of benzene rings is 1. The van der Waals surface area contributed by atoms with Crippen molar-refractivity contribution in [2.75, 3.05) is 33.2 Å². The number of fused-ring (bicyclic) bond motifs is 1. The molecule has 0 saturated carbocycles. The van der Waals surface area contributed by atoms with Crippen molar-refractivity contribution in [1.82, 2.24) is 10.2 Å². The molecule has 1 aromatic carbocycles. The van der Waals surface area contributed by atoms with Crippen molar-refractivity contribution >= 4 is 5.71 Å². The summed E-state index contributed by atoms with van der Waals surface area (Å²) in [6.45, 7) is 8.38. The van der Waals surface area contributed by atoms with Crippen molar-refractivity contribution in [3.8, 4) is 0 Å². The highest BCUT2D eigenvalue weighted by Gasteiger charge is 2.23. The summed E-state index contributed by atoms with van der Waals surface area (Å²) < 4.78 is 13.9. The van der Waals surface area contributed by atoms with Crippen LogP contribution in [-0.4, -0.2) is 43.8 Å². The number of nitrogens with zero attached hydrogens (tertiary/aromatic N) is 2. The quantitative estimate of drug-likeness (QED) is 0.435. The van der Waals surface area contributed by atoms with E-state index in [4.69, 9.17) is 0 Å². The summed E-state index contributed by atoms with van der Waals surface area (Å²) in [6, 6.07) is 7.09. The normalized spacial score (nSPS) is 20.8. The molecule has 0 radical (unpaired) electrons. The molecule has 1 fully saturated rings. The number of likely N-dealkylation sites (tertiary alicyclic amines) is 1. The van der Waals surface area contributed by atoms with Crippen LogP contribution < -0.4 is 5.32 Å². The van der Waals surface area contributed by atoms with Gasteiger partial charge >= 0.3 is 0 Å². The van der Waals surface area contributed by atoms with Gasteiger partial charge in [-0.15, -0.1) is 0 Å². The summed E-state index contributed by atoms with van der Waals surface area (Å²) in [5, 5.41) is 3.83. The second-order valence-corrected chi connectivity index (χ2v) is 9.82. The molecule has 1 atom stereocenters. The third-order valence-corrected chi connectivity index (χ3v) is 7.64. The van der Waals surface area contributed by atoms with E-state index in [1.54, 1.807) is 6.08 Å².